The minimum absolute atomic E-state index is 0.210. The minimum atomic E-state index is -0.632. The van der Waals surface area contributed by atoms with E-state index in [0.29, 0.717) is 64.6 Å². The summed E-state index contributed by atoms with van der Waals surface area (Å²) < 4.78 is 20.8. The number of aromatic nitrogens is 4. The zero-order valence-electron chi connectivity index (χ0n) is 24.2. The second-order valence-corrected chi connectivity index (χ2v) is 12.0. The minimum Gasteiger partial charge on any atom is -0.444 e. The van der Waals surface area contributed by atoms with Gasteiger partial charge in [-0.3, -0.25) is 4.90 Å². The fraction of sp³-hybridized carbons (Fsp3) is 0.414. The van der Waals surface area contributed by atoms with Crippen LogP contribution in [0.2, 0.25) is 0 Å². The predicted molar refractivity (Wildman–Crippen MR) is 159 cm³/mol. The van der Waals surface area contributed by atoms with E-state index >= 15 is 0 Å². The molecule has 1 amide bonds. The summed E-state index contributed by atoms with van der Waals surface area (Å²) in [6.45, 7) is 8.51. The first-order valence-electron chi connectivity index (χ1n) is 13.7. The normalized spacial score (nSPS) is 15.6. The van der Waals surface area contributed by atoms with Crippen LogP contribution in [0.5, 0.6) is 0 Å². The van der Waals surface area contributed by atoms with Crippen LogP contribution >= 0.6 is 11.3 Å². The molecule has 1 fully saturated rings. The molecule has 1 N–H and O–H groups in total. The van der Waals surface area contributed by atoms with E-state index in [4.69, 9.17) is 19.8 Å². The molecule has 0 spiro atoms. The number of hydrogen-bond donors (Lipinski definition) is 1. The Morgan fingerprint density at radius 2 is 1.95 bits per heavy atom. The maximum atomic E-state index is 13.5. The Hall–Kier alpha value is -4.28. The van der Waals surface area contributed by atoms with E-state index in [-0.39, 0.29) is 12.4 Å². The number of thiazole rings is 1. The summed E-state index contributed by atoms with van der Waals surface area (Å²) in [6, 6.07) is 11.4. The van der Waals surface area contributed by atoms with E-state index in [9.17, 15) is 19.6 Å². The fourth-order valence-corrected chi connectivity index (χ4v) is 5.75. The Kier molecular flexibility index (Phi) is 8.03. The lowest BCUT2D eigenvalue weighted by Gasteiger charge is -2.41. The van der Waals surface area contributed by atoms with Crippen LogP contribution in [0.3, 0.4) is 0 Å². The molecule has 1 aliphatic heterocycles. The number of nitriles is 1. The fourth-order valence-electron chi connectivity index (χ4n) is 4.90. The summed E-state index contributed by atoms with van der Waals surface area (Å²) in [5.41, 5.74) is 1.97. The maximum absolute atomic E-state index is 13.5. The van der Waals surface area contributed by atoms with Gasteiger partial charge in [0.2, 0.25) is 0 Å². The van der Waals surface area contributed by atoms with Crippen LogP contribution in [-0.4, -0.2) is 80.6 Å². The number of piperazine rings is 1. The number of nitrogens with zero attached hydrogens (tertiary/aromatic N) is 8. The van der Waals surface area contributed by atoms with Crippen LogP contribution in [0, 0.1) is 17.1 Å². The van der Waals surface area contributed by atoms with E-state index in [0.717, 1.165) is 5.69 Å². The van der Waals surface area contributed by atoms with E-state index < -0.39 is 17.7 Å². The van der Waals surface area contributed by atoms with Crippen LogP contribution in [-0.2, 0) is 11.2 Å². The molecule has 4 heterocycles. The Morgan fingerprint density at radius 3 is 2.60 bits per heavy atom. The van der Waals surface area contributed by atoms with Gasteiger partial charge in [-0.2, -0.15) is 9.78 Å². The number of aliphatic hydroxyl groups is 1. The van der Waals surface area contributed by atoms with Crippen LogP contribution in [0.25, 0.3) is 16.9 Å². The van der Waals surface area contributed by atoms with Crippen molar-refractivity contribution >= 4 is 39.8 Å². The molecule has 1 aromatic carbocycles. The maximum Gasteiger partial charge on any atom is 0.410 e. The number of carbonyl (C=O) groups is 1. The lowest BCUT2D eigenvalue weighted by Crippen LogP contribution is -2.57. The first kappa shape index (κ1) is 29.2. The summed E-state index contributed by atoms with van der Waals surface area (Å²) in [6.07, 6.45) is 0.191. The summed E-state index contributed by atoms with van der Waals surface area (Å²) in [7, 11) is 1.85. The highest BCUT2D eigenvalue weighted by molar-refractivity contribution is 7.16. The Bertz CT molecular complexity index is 1640. The molecule has 3 aromatic heterocycles. The third kappa shape index (κ3) is 5.73. The number of amides is 1. The van der Waals surface area contributed by atoms with Gasteiger partial charge in [0.1, 0.15) is 33.9 Å². The smallest absolute Gasteiger partial charge is 0.410 e. The zero-order valence-corrected chi connectivity index (χ0v) is 25.0. The Labute approximate surface area is 247 Å². The summed E-state index contributed by atoms with van der Waals surface area (Å²) in [4.78, 5) is 28.2. The number of carbonyl (C=O) groups excluding carboxylic acids is 1. The van der Waals surface area contributed by atoms with Gasteiger partial charge in [0.25, 0.3) is 0 Å². The molecule has 1 saturated heterocycles. The third-order valence-electron chi connectivity index (χ3n) is 6.93. The van der Waals surface area contributed by atoms with Crippen LogP contribution < -0.4 is 9.80 Å². The van der Waals surface area contributed by atoms with Crippen molar-refractivity contribution in [1.29, 1.82) is 5.26 Å². The number of aryl methyl sites for hydroxylation is 1. The molecule has 1 aliphatic rings. The van der Waals surface area contributed by atoms with Crippen molar-refractivity contribution in [1.82, 2.24) is 24.5 Å². The summed E-state index contributed by atoms with van der Waals surface area (Å²) in [5, 5.41) is 25.4. The highest BCUT2D eigenvalue weighted by Gasteiger charge is 2.34. The van der Waals surface area contributed by atoms with Gasteiger partial charge in [0.05, 0.1) is 18.3 Å². The van der Waals surface area contributed by atoms with Gasteiger partial charge in [0, 0.05) is 32.2 Å². The number of hydrogen-bond acceptors (Lipinski definition) is 10. The molecule has 0 bridgehead atoms. The molecule has 0 saturated carbocycles. The topological polar surface area (TPSA) is 123 Å². The average molecular weight is 593 g/mol. The van der Waals surface area contributed by atoms with Gasteiger partial charge in [-0.25, -0.2) is 19.2 Å². The van der Waals surface area contributed by atoms with E-state index in [2.05, 4.69) is 6.07 Å². The number of ether oxygens (including phenoxy) is 1. The monoisotopic (exact) mass is 592 g/mol. The van der Waals surface area contributed by atoms with Crippen molar-refractivity contribution < 1.29 is 19.0 Å². The number of rotatable bonds is 6. The summed E-state index contributed by atoms with van der Waals surface area (Å²) in [5.74, 6) is 1.02. The number of benzene rings is 1. The van der Waals surface area contributed by atoms with Crippen molar-refractivity contribution in [3.8, 4) is 17.3 Å². The van der Waals surface area contributed by atoms with E-state index in [1.807, 2.05) is 56.7 Å². The van der Waals surface area contributed by atoms with E-state index in [1.165, 1.54) is 23.5 Å². The Balaban J connectivity index is 1.46. The lowest BCUT2D eigenvalue weighted by molar-refractivity contribution is 0.00698. The zero-order chi connectivity index (χ0) is 30.2. The van der Waals surface area contributed by atoms with Crippen molar-refractivity contribution in [2.24, 2.45) is 0 Å². The SMILES string of the molecule is CCc1nc2ccc(N3CCN(C(=O)OC(C)(C)C)[C@H](CO)C3)nn2c1N(C)c1nc(-c2ccc(F)cc2)c(C#N)s1. The van der Waals surface area contributed by atoms with Crippen LogP contribution in [0.15, 0.2) is 36.4 Å². The van der Waals surface area contributed by atoms with Gasteiger partial charge < -0.3 is 19.6 Å². The highest BCUT2D eigenvalue weighted by Crippen LogP contribution is 2.37. The molecule has 220 valence electrons. The number of imidazole rings is 1. The average Bonchev–Trinajstić information content (AvgIpc) is 3.57. The highest BCUT2D eigenvalue weighted by atomic mass is 32.1. The third-order valence-corrected chi connectivity index (χ3v) is 7.97. The molecule has 0 radical (unpaired) electrons. The van der Waals surface area contributed by atoms with Gasteiger partial charge in [0.15, 0.2) is 16.6 Å². The molecule has 0 aliphatic carbocycles. The molecule has 0 unspecified atom stereocenters. The molecule has 4 aromatic rings. The predicted octanol–water partition coefficient (Wildman–Crippen LogP) is 4.61. The van der Waals surface area contributed by atoms with Crippen molar-refractivity contribution in [2.75, 3.05) is 43.1 Å². The van der Waals surface area contributed by atoms with Gasteiger partial charge in [-0.05, 0) is 63.6 Å². The molecular weight excluding hydrogens is 559 g/mol. The number of fused-ring (bicyclic) bond motifs is 1. The molecular formula is C29H33FN8O3S. The standard InChI is InChI=1S/C29H33FN8O3S/c1-6-21-26(35(5)27-33-25(22(15-31)42-27)18-7-9-19(30)10-8-18)38-23(32-21)11-12-24(34-38)36-13-14-37(20(16-36)17-39)28(40)41-29(2,3)4/h7-12,20,39H,6,13-14,16-17H2,1-5H3/t20-/m0/s1. The van der Waals surface area contributed by atoms with Gasteiger partial charge in [-0.1, -0.05) is 18.3 Å². The van der Waals surface area contributed by atoms with Gasteiger partial charge >= 0.3 is 6.09 Å². The molecule has 1 atom stereocenters. The number of anilines is 3. The largest absolute Gasteiger partial charge is 0.444 e. The van der Waals surface area contributed by atoms with Crippen molar-refractivity contribution in [2.45, 2.75) is 45.8 Å². The second-order valence-electron chi connectivity index (χ2n) is 11.0. The molecule has 42 heavy (non-hydrogen) atoms. The first-order valence-corrected chi connectivity index (χ1v) is 14.5. The van der Waals surface area contributed by atoms with Gasteiger partial charge in [-0.15, -0.1) is 5.10 Å². The lowest BCUT2D eigenvalue weighted by atomic mass is 10.1. The Morgan fingerprint density at radius 1 is 1.21 bits per heavy atom. The van der Waals surface area contributed by atoms with Crippen LogP contribution in [0.4, 0.5) is 26.0 Å². The van der Waals surface area contributed by atoms with Crippen molar-refractivity contribution in [3.63, 3.8) is 0 Å². The molecule has 11 nitrogen and oxygen atoms in total. The van der Waals surface area contributed by atoms with Crippen molar-refractivity contribution in [3.05, 3.63) is 52.8 Å². The second kappa shape index (κ2) is 11.5. The quantitative estimate of drug-likeness (QED) is 0.342. The summed E-state index contributed by atoms with van der Waals surface area (Å²) >= 11 is 1.24. The first-order chi connectivity index (χ1) is 20.0. The molecule has 13 heteroatoms. The van der Waals surface area contributed by atoms with E-state index in [1.54, 1.807) is 21.5 Å². The van der Waals surface area contributed by atoms with Crippen LogP contribution in [0.1, 0.15) is 38.3 Å². The molecule has 5 rings (SSSR count). The number of aliphatic hydroxyl groups excluding tert-OH is 1. The number of halogens is 1.